The number of hydrogen-bond donors (Lipinski definition) is 1. The van der Waals surface area contributed by atoms with Crippen LogP contribution in [-0.2, 0) is 0 Å². The molecule has 0 aromatic carbocycles. The molecular formula is C10H18O. The summed E-state index contributed by atoms with van der Waals surface area (Å²) < 4.78 is 0. The second kappa shape index (κ2) is 3.40. The van der Waals surface area contributed by atoms with Gasteiger partial charge in [0.25, 0.3) is 0 Å². The summed E-state index contributed by atoms with van der Waals surface area (Å²) >= 11 is 0. The van der Waals surface area contributed by atoms with Crippen molar-refractivity contribution in [3.05, 3.63) is 11.6 Å². The molecule has 1 nitrogen and oxygen atoms in total. The van der Waals surface area contributed by atoms with Gasteiger partial charge < -0.3 is 5.11 Å². The molecule has 64 valence electrons. The molecule has 0 unspecified atom stereocenters. The Bertz CT molecular complexity index is 156. The van der Waals surface area contributed by atoms with Crippen molar-refractivity contribution in [3.63, 3.8) is 0 Å². The van der Waals surface area contributed by atoms with Crippen molar-refractivity contribution in [1.82, 2.24) is 0 Å². The minimum atomic E-state index is -0.527. The molecule has 0 spiro atoms. The fourth-order valence-corrected chi connectivity index (χ4v) is 1.55. The number of hydrogen-bond acceptors (Lipinski definition) is 1. The first-order valence-corrected chi connectivity index (χ1v) is 4.58. The zero-order valence-electron chi connectivity index (χ0n) is 7.56. The van der Waals surface area contributed by atoms with Crippen LogP contribution >= 0.6 is 0 Å². The van der Waals surface area contributed by atoms with E-state index in [0.717, 1.165) is 19.3 Å². The summed E-state index contributed by atoms with van der Waals surface area (Å²) in [7, 11) is 0. The molecule has 0 aromatic rings. The van der Waals surface area contributed by atoms with Gasteiger partial charge in [0.2, 0.25) is 0 Å². The Morgan fingerprint density at radius 2 is 2.27 bits per heavy atom. The second-order valence-corrected chi connectivity index (χ2v) is 3.60. The van der Waals surface area contributed by atoms with E-state index in [9.17, 15) is 5.11 Å². The molecule has 0 aliphatic heterocycles. The van der Waals surface area contributed by atoms with Gasteiger partial charge in [0.05, 0.1) is 5.60 Å². The van der Waals surface area contributed by atoms with Crippen LogP contribution in [0.2, 0.25) is 0 Å². The largest absolute Gasteiger partial charge is 0.386 e. The van der Waals surface area contributed by atoms with Gasteiger partial charge in [0.1, 0.15) is 0 Å². The smallest absolute Gasteiger partial charge is 0.0826 e. The lowest BCUT2D eigenvalue weighted by Gasteiger charge is -2.27. The average Bonchev–Trinajstić information content (AvgIpc) is 2.06. The van der Waals surface area contributed by atoms with Gasteiger partial charge in [0, 0.05) is 0 Å². The van der Waals surface area contributed by atoms with Crippen LogP contribution in [-0.4, -0.2) is 10.7 Å². The van der Waals surface area contributed by atoms with Crippen molar-refractivity contribution in [2.75, 3.05) is 0 Å². The molecule has 0 aromatic heterocycles. The van der Waals surface area contributed by atoms with E-state index < -0.39 is 5.60 Å². The topological polar surface area (TPSA) is 20.2 Å². The van der Waals surface area contributed by atoms with Crippen molar-refractivity contribution < 1.29 is 5.11 Å². The maximum atomic E-state index is 9.88. The highest BCUT2D eigenvalue weighted by Gasteiger charge is 2.23. The Morgan fingerprint density at radius 3 is 2.73 bits per heavy atom. The van der Waals surface area contributed by atoms with E-state index in [1.807, 2.05) is 13.8 Å². The lowest BCUT2D eigenvalue weighted by molar-refractivity contribution is 0.0888. The van der Waals surface area contributed by atoms with Crippen LogP contribution in [0.1, 0.15) is 46.0 Å². The number of aliphatic hydroxyl groups is 1. The van der Waals surface area contributed by atoms with Gasteiger partial charge in [-0.05, 0) is 44.6 Å². The van der Waals surface area contributed by atoms with Crippen LogP contribution in [0.3, 0.4) is 0 Å². The van der Waals surface area contributed by atoms with E-state index in [-0.39, 0.29) is 0 Å². The highest BCUT2D eigenvalue weighted by Crippen LogP contribution is 2.29. The Morgan fingerprint density at radius 1 is 1.55 bits per heavy atom. The molecule has 1 rings (SSSR count). The van der Waals surface area contributed by atoms with E-state index >= 15 is 0 Å². The van der Waals surface area contributed by atoms with Gasteiger partial charge in [-0.15, -0.1) is 0 Å². The third kappa shape index (κ3) is 2.06. The molecule has 1 N–H and O–H groups in total. The predicted molar refractivity (Wildman–Crippen MR) is 47.5 cm³/mol. The lowest BCUT2D eigenvalue weighted by Crippen LogP contribution is -2.26. The third-order valence-corrected chi connectivity index (χ3v) is 2.67. The van der Waals surface area contributed by atoms with Crippen LogP contribution in [0, 0.1) is 0 Å². The van der Waals surface area contributed by atoms with Crippen LogP contribution in [0.5, 0.6) is 0 Å². The molecule has 0 amide bonds. The van der Waals surface area contributed by atoms with Crippen LogP contribution < -0.4 is 0 Å². The second-order valence-electron chi connectivity index (χ2n) is 3.60. The van der Waals surface area contributed by atoms with Crippen LogP contribution in [0.15, 0.2) is 11.6 Å². The van der Waals surface area contributed by atoms with Gasteiger partial charge in [0.15, 0.2) is 0 Å². The van der Waals surface area contributed by atoms with E-state index in [0.29, 0.717) is 0 Å². The minimum absolute atomic E-state index is 0.527. The summed E-state index contributed by atoms with van der Waals surface area (Å²) in [5.74, 6) is 0. The first kappa shape index (κ1) is 8.79. The first-order chi connectivity index (χ1) is 5.17. The molecule has 0 fully saturated rings. The quantitative estimate of drug-likeness (QED) is 0.606. The summed E-state index contributed by atoms with van der Waals surface area (Å²) in [6.07, 6.45) is 7.85. The highest BCUT2D eigenvalue weighted by molar-refractivity contribution is 5.16. The van der Waals surface area contributed by atoms with E-state index in [4.69, 9.17) is 0 Å². The van der Waals surface area contributed by atoms with Crippen LogP contribution in [0.25, 0.3) is 0 Å². The predicted octanol–water partition coefficient (Wildman–Crippen LogP) is 2.65. The number of allylic oxidation sites excluding steroid dienone is 1. The molecule has 1 aliphatic carbocycles. The van der Waals surface area contributed by atoms with Crippen molar-refractivity contribution in [1.29, 1.82) is 0 Å². The molecule has 0 saturated heterocycles. The van der Waals surface area contributed by atoms with E-state index in [1.54, 1.807) is 0 Å². The Hall–Kier alpha value is -0.300. The molecule has 1 aliphatic rings. The fraction of sp³-hybridized carbons (Fsp3) is 0.800. The Labute approximate surface area is 69.1 Å². The summed E-state index contributed by atoms with van der Waals surface area (Å²) in [5, 5.41) is 9.88. The van der Waals surface area contributed by atoms with Crippen LogP contribution in [0.4, 0.5) is 0 Å². The third-order valence-electron chi connectivity index (χ3n) is 2.67. The molecule has 0 radical (unpaired) electrons. The molecule has 1 atom stereocenters. The molecule has 0 heterocycles. The maximum absolute atomic E-state index is 9.88. The fourth-order valence-electron chi connectivity index (χ4n) is 1.55. The van der Waals surface area contributed by atoms with Crippen molar-refractivity contribution in [2.45, 2.75) is 51.6 Å². The van der Waals surface area contributed by atoms with Gasteiger partial charge in [-0.3, -0.25) is 0 Å². The van der Waals surface area contributed by atoms with Crippen molar-refractivity contribution in [2.24, 2.45) is 0 Å². The van der Waals surface area contributed by atoms with Crippen molar-refractivity contribution in [3.8, 4) is 0 Å². The van der Waals surface area contributed by atoms with Gasteiger partial charge in [-0.1, -0.05) is 13.0 Å². The molecule has 0 saturated carbocycles. The van der Waals surface area contributed by atoms with Crippen molar-refractivity contribution >= 4 is 0 Å². The summed E-state index contributed by atoms with van der Waals surface area (Å²) in [5.41, 5.74) is 0.728. The maximum Gasteiger partial charge on any atom is 0.0826 e. The first-order valence-electron chi connectivity index (χ1n) is 4.58. The molecule has 11 heavy (non-hydrogen) atoms. The SMILES string of the molecule is CC[C@@](C)(O)C1=CCCCC1. The standard InChI is InChI=1S/C10H18O/c1-3-10(2,11)9-7-5-4-6-8-9/h7,11H,3-6,8H2,1-2H3/t10-/m1/s1. The number of rotatable bonds is 2. The van der Waals surface area contributed by atoms with E-state index in [2.05, 4.69) is 6.08 Å². The zero-order valence-corrected chi connectivity index (χ0v) is 7.56. The zero-order chi connectivity index (χ0) is 8.32. The molecule has 0 bridgehead atoms. The normalized spacial score (nSPS) is 24.1. The lowest BCUT2D eigenvalue weighted by atomic mass is 9.85. The van der Waals surface area contributed by atoms with E-state index in [1.165, 1.54) is 18.4 Å². The Kier molecular flexibility index (Phi) is 2.72. The molecule has 1 heteroatoms. The molecular weight excluding hydrogens is 136 g/mol. The highest BCUT2D eigenvalue weighted by atomic mass is 16.3. The summed E-state index contributed by atoms with van der Waals surface area (Å²) in [6, 6.07) is 0. The minimum Gasteiger partial charge on any atom is -0.386 e. The Balaban J connectivity index is 2.64. The van der Waals surface area contributed by atoms with Gasteiger partial charge in [-0.2, -0.15) is 0 Å². The average molecular weight is 154 g/mol. The van der Waals surface area contributed by atoms with Gasteiger partial charge >= 0.3 is 0 Å². The monoisotopic (exact) mass is 154 g/mol. The summed E-state index contributed by atoms with van der Waals surface area (Å²) in [4.78, 5) is 0. The van der Waals surface area contributed by atoms with Gasteiger partial charge in [-0.25, -0.2) is 0 Å². The summed E-state index contributed by atoms with van der Waals surface area (Å²) in [6.45, 7) is 3.96.